The van der Waals surface area contributed by atoms with Crippen molar-refractivity contribution in [1.29, 1.82) is 0 Å². The van der Waals surface area contributed by atoms with Crippen LogP contribution in [-0.4, -0.2) is 24.4 Å². The van der Waals surface area contributed by atoms with Gasteiger partial charge in [-0.25, -0.2) is 4.79 Å². The molecule has 2 aromatic rings. The summed E-state index contributed by atoms with van der Waals surface area (Å²) in [5.41, 5.74) is 3.98. The minimum Gasteiger partial charge on any atom is -0.496 e. The van der Waals surface area contributed by atoms with Crippen molar-refractivity contribution in [2.75, 3.05) is 7.11 Å². The van der Waals surface area contributed by atoms with E-state index in [-0.39, 0.29) is 5.56 Å². The predicted molar refractivity (Wildman–Crippen MR) is 83.1 cm³/mol. The molecule has 21 heavy (non-hydrogen) atoms. The summed E-state index contributed by atoms with van der Waals surface area (Å²) in [4.78, 5) is 15.6. The van der Waals surface area contributed by atoms with Gasteiger partial charge in [-0.3, -0.25) is 4.99 Å². The van der Waals surface area contributed by atoms with E-state index in [0.717, 1.165) is 11.3 Å². The van der Waals surface area contributed by atoms with Gasteiger partial charge in [0, 0.05) is 6.21 Å². The zero-order chi connectivity index (χ0) is 15.4. The molecule has 0 aliphatic carbocycles. The second kappa shape index (κ2) is 6.22. The molecule has 0 unspecified atom stereocenters. The Hall–Kier alpha value is -2.62. The molecule has 0 aliphatic rings. The molecular formula is C17H17NO3. The molecule has 4 nitrogen and oxygen atoms in total. The molecule has 0 atom stereocenters. The summed E-state index contributed by atoms with van der Waals surface area (Å²) in [5, 5.41) is 9.16. The first kappa shape index (κ1) is 14.8. The Bertz CT molecular complexity index is 705. The van der Waals surface area contributed by atoms with Crippen LogP contribution < -0.4 is 4.74 Å². The highest BCUT2D eigenvalue weighted by atomic mass is 16.5. The van der Waals surface area contributed by atoms with E-state index >= 15 is 0 Å². The van der Waals surface area contributed by atoms with Crippen LogP contribution in [0.1, 0.15) is 27.0 Å². The second-order valence-electron chi connectivity index (χ2n) is 4.81. The summed E-state index contributed by atoms with van der Waals surface area (Å²) in [6.45, 7) is 4.03. The summed E-state index contributed by atoms with van der Waals surface area (Å²) in [7, 11) is 1.45. The smallest absolute Gasteiger partial charge is 0.339 e. The van der Waals surface area contributed by atoms with Crippen LogP contribution >= 0.6 is 0 Å². The fraction of sp³-hybridized carbons (Fsp3) is 0.176. The van der Waals surface area contributed by atoms with E-state index in [0.29, 0.717) is 11.3 Å². The molecule has 0 bridgehead atoms. The number of nitrogens with zero attached hydrogens (tertiary/aromatic N) is 1. The van der Waals surface area contributed by atoms with Crippen molar-refractivity contribution in [3.63, 3.8) is 0 Å². The van der Waals surface area contributed by atoms with Gasteiger partial charge in [0.05, 0.1) is 12.8 Å². The third kappa shape index (κ3) is 3.48. The molecule has 0 fully saturated rings. The van der Waals surface area contributed by atoms with Gasteiger partial charge in [0.15, 0.2) is 0 Å². The van der Waals surface area contributed by atoms with Crippen LogP contribution in [-0.2, 0) is 0 Å². The fourth-order valence-corrected chi connectivity index (χ4v) is 2.07. The maximum Gasteiger partial charge on any atom is 0.339 e. The van der Waals surface area contributed by atoms with Gasteiger partial charge in [-0.2, -0.15) is 0 Å². The van der Waals surface area contributed by atoms with Crippen molar-refractivity contribution >= 4 is 17.9 Å². The first-order valence-corrected chi connectivity index (χ1v) is 6.54. The average Bonchev–Trinajstić information content (AvgIpc) is 2.46. The topological polar surface area (TPSA) is 58.9 Å². The fourth-order valence-electron chi connectivity index (χ4n) is 2.07. The summed E-state index contributed by atoms with van der Waals surface area (Å²) < 4.78 is 5.03. The number of aromatic carboxylic acids is 1. The molecule has 0 radical (unpaired) electrons. The SMILES string of the molecule is COc1ccc(C=Nc2ccc(C)cc2C)cc1C(=O)O. The number of hydrogen-bond donors (Lipinski definition) is 1. The van der Waals surface area contributed by atoms with E-state index in [1.54, 1.807) is 24.4 Å². The van der Waals surface area contributed by atoms with Gasteiger partial charge in [-0.05, 0) is 49.2 Å². The van der Waals surface area contributed by atoms with Crippen molar-refractivity contribution in [2.24, 2.45) is 4.99 Å². The van der Waals surface area contributed by atoms with Gasteiger partial charge in [0.25, 0.3) is 0 Å². The first-order chi connectivity index (χ1) is 10.0. The number of carbonyl (C=O) groups is 1. The maximum absolute atomic E-state index is 11.2. The van der Waals surface area contributed by atoms with E-state index in [1.807, 2.05) is 26.0 Å². The molecule has 0 saturated heterocycles. The Morgan fingerprint density at radius 1 is 1.19 bits per heavy atom. The Kier molecular flexibility index (Phi) is 4.38. The summed E-state index contributed by atoms with van der Waals surface area (Å²) in [5.74, 6) is -0.681. The van der Waals surface area contributed by atoms with Gasteiger partial charge in [-0.1, -0.05) is 17.7 Å². The molecule has 1 N–H and O–H groups in total. The van der Waals surface area contributed by atoms with Gasteiger partial charge < -0.3 is 9.84 Å². The number of carboxylic acid groups (broad SMARTS) is 1. The lowest BCUT2D eigenvalue weighted by atomic mass is 10.1. The van der Waals surface area contributed by atoms with Crippen molar-refractivity contribution < 1.29 is 14.6 Å². The van der Waals surface area contributed by atoms with Crippen LogP contribution in [0.25, 0.3) is 0 Å². The Morgan fingerprint density at radius 2 is 1.95 bits per heavy atom. The molecule has 0 aromatic heterocycles. The molecule has 2 rings (SSSR count). The van der Waals surface area contributed by atoms with E-state index in [2.05, 4.69) is 11.1 Å². The highest BCUT2D eigenvalue weighted by molar-refractivity contribution is 5.94. The Balaban J connectivity index is 2.33. The van der Waals surface area contributed by atoms with Crippen molar-refractivity contribution in [2.45, 2.75) is 13.8 Å². The second-order valence-corrected chi connectivity index (χ2v) is 4.81. The van der Waals surface area contributed by atoms with Gasteiger partial charge in [0.1, 0.15) is 11.3 Å². The average molecular weight is 283 g/mol. The summed E-state index contributed by atoms with van der Waals surface area (Å²) in [6, 6.07) is 11.0. The zero-order valence-corrected chi connectivity index (χ0v) is 12.3. The quantitative estimate of drug-likeness (QED) is 0.869. The molecule has 108 valence electrons. The number of aryl methyl sites for hydroxylation is 2. The molecule has 0 amide bonds. The number of benzene rings is 2. The number of aliphatic imine (C=N–C) groups is 1. The minimum atomic E-state index is -1.02. The van der Waals surface area contributed by atoms with Crippen molar-refractivity contribution in [1.82, 2.24) is 0 Å². The first-order valence-electron chi connectivity index (χ1n) is 6.54. The third-order valence-corrected chi connectivity index (χ3v) is 3.16. The van der Waals surface area contributed by atoms with E-state index in [4.69, 9.17) is 9.84 Å². The van der Waals surface area contributed by atoms with Crippen LogP contribution in [0.2, 0.25) is 0 Å². The van der Waals surface area contributed by atoms with E-state index < -0.39 is 5.97 Å². The molecule has 2 aromatic carbocycles. The highest BCUT2D eigenvalue weighted by Crippen LogP contribution is 2.21. The van der Waals surface area contributed by atoms with Gasteiger partial charge in [0.2, 0.25) is 0 Å². The minimum absolute atomic E-state index is 0.127. The van der Waals surface area contributed by atoms with Gasteiger partial charge in [-0.15, -0.1) is 0 Å². The third-order valence-electron chi connectivity index (χ3n) is 3.16. The molecule has 0 saturated carbocycles. The zero-order valence-electron chi connectivity index (χ0n) is 12.3. The number of rotatable bonds is 4. The predicted octanol–water partition coefficient (Wildman–Crippen LogP) is 3.76. The number of hydrogen-bond acceptors (Lipinski definition) is 3. The normalized spacial score (nSPS) is 10.8. The molecule has 0 aliphatic heterocycles. The lowest BCUT2D eigenvalue weighted by Crippen LogP contribution is -2.01. The van der Waals surface area contributed by atoms with E-state index in [1.165, 1.54) is 12.7 Å². The van der Waals surface area contributed by atoms with Crippen LogP contribution in [0.4, 0.5) is 5.69 Å². The molecule has 0 heterocycles. The number of ether oxygens (including phenoxy) is 1. The number of carboxylic acids is 1. The van der Waals surface area contributed by atoms with Crippen molar-refractivity contribution in [3.05, 3.63) is 58.7 Å². The van der Waals surface area contributed by atoms with Gasteiger partial charge >= 0.3 is 5.97 Å². The molecular weight excluding hydrogens is 266 g/mol. The standard InChI is InChI=1S/C17H17NO3/c1-11-4-6-15(12(2)8-11)18-10-13-5-7-16(21-3)14(9-13)17(19)20/h4-10H,1-3H3,(H,19,20). The highest BCUT2D eigenvalue weighted by Gasteiger charge is 2.10. The Labute approximate surface area is 123 Å². The lowest BCUT2D eigenvalue weighted by molar-refractivity contribution is 0.0693. The van der Waals surface area contributed by atoms with Crippen LogP contribution in [0, 0.1) is 13.8 Å². The van der Waals surface area contributed by atoms with E-state index in [9.17, 15) is 4.79 Å². The monoisotopic (exact) mass is 283 g/mol. The number of methoxy groups -OCH3 is 1. The molecule has 4 heteroatoms. The summed E-state index contributed by atoms with van der Waals surface area (Å²) >= 11 is 0. The maximum atomic E-state index is 11.2. The largest absolute Gasteiger partial charge is 0.496 e. The van der Waals surface area contributed by atoms with Crippen LogP contribution in [0.15, 0.2) is 41.4 Å². The Morgan fingerprint density at radius 3 is 2.57 bits per heavy atom. The van der Waals surface area contributed by atoms with Crippen LogP contribution in [0.5, 0.6) is 5.75 Å². The van der Waals surface area contributed by atoms with Crippen LogP contribution in [0.3, 0.4) is 0 Å². The van der Waals surface area contributed by atoms with Crippen molar-refractivity contribution in [3.8, 4) is 5.75 Å². The lowest BCUT2D eigenvalue weighted by Gasteiger charge is -2.05. The summed E-state index contributed by atoms with van der Waals surface area (Å²) in [6.07, 6.45) is 1.66. The molecule has 0 spiro atoms.